The first-order valence-corrected chi connectivity index (χ1v) is 6.11. The van der Waals surface area contributed by atoms with Gasteiger partial charge in [-0.3, -0.25) is 0 Å². The molecule has 1 aliphatic heterocycles. The van der Waals surface area contributed by atoms with E-state index in [0.717, 1.165) is 12.5 Å². The first-order valence-electron chi connectivity index (χ1n) is 3.72. The fraction of sp³-hybridized carbons (Fsp3) is 1.00. The molecule has 0 N–H and O–H groups in total. The quantitative estimate of drug-likeness (QED) is 0.602. The summed E-state index contributed by atoms with van der Waals surface area (Å²) in [6, 6.07) is 0. The van der Waals surface area contributed by atoms with E-state index in [0.29, 0.717) is 5.44 Å². The number of hydrogen-bond donors (Lipinski definition) is 0. The van der Waals surface area contributed by atoms with E-state index in [-0.39, 0.29) is 0 Å². The molecule has 10 heavy (non-hydrogen) atoms. The Bertz CT molecular complexity index is 95.6. The molecule has 0 saturated carbocycles. The maximum absolute atomic E-state index is 5.50. The Morgan fingerprint density at radius 3 is 3.00 bits per heavy atom. The lowest BCUT2D eigenvalue weighted by atomic mass is 10.1. The van der Waals surface area contributed by atoms with E-state index in [1.165, 1.54) is 12.2 Å². The van der Waals surface area contributed by atoms with Crippen molar-refractivity contribution >= 4 is 21.6 Å². The van der Waals surface area contributed by atoms with Crippen molar-refractivity contribution in [3.63, 3.8) is 0 Å². The molecule has 0 aromatic heterocycles. The first-order chi connectivity index (χ1) is 4.83. The van der Waals surface area contributed by atoms with Crippen LogP contribution in [-0.4, -0.2) is 17.8 Å². The van der Waals surface area contributed by atoms with Crippen molar-refractivity contribution in [1.82, 2.24) is 0 Å². The van der Waals surface area contributed by atoms with Gasteiger partial charge in [0.25, 0.3) is 0 Å². The minimum absolute atomic E-state index is 0.457. The van der Waals surface area contributed by atoms with Crippen LogP contribution in [-0.2, 0) is 4.74 Å². The maximum Gasteiger partial charge on any atom is 0.113 e. The van der Waals surface area contributed by atoms with Crippen LogP contribution in [0.1, 0.15) is 20.3 Å². The number of ether oxygens (including phenoxy) is 1. The van der Waals surface area contributed by atoms with E-state index in [9.17, 15) is 0 Å². The monoisotopic (exact) mass is 178 g/mol. The van der Waals surface area contributed by atoms with Crippen LogP contribution in [0.5, 0.6) is 0 Å². The Morgan fingerprint density at radius 1 is 1.60 bits per heavy atom. The molecule has 1 heterocycles. The van der Waals surface area contributed by atoms with E-state index in [4.69, 9.17) is 4.74 Å². The van der Waals surface area contributed by atoms with E-state index < -0.39 is 0 Å². The summed E-state index contributed by atoms with van der Waals surface area (Å²) in [7, 11) is 3.83. The zero-order chi connectivity index (χ0) is 7.40. The minimum atomic E-state index is 0.457. The molecular formula is C7H14OS2. The standard InChI is InChI=1S/C7H14OS2/c1-3-8-7-4-6(2)5-9-10-7/h6-7H,3-5H2,1-2H3. The summed E-state index contributed by atoms with van der Waals surface area (Å²) in [5.41, 5.74) is 0.457. The van der Waals surface area contributed by atoms with Crippen LogP contribution < -0.4 is 0 Å². The molecule has 60 valence electrons. The van der Waals surface area contributed by atoms with Gasteiger partial charge in [-0.05, 0) is 19.3 Å². The van der Waals surface area contributed by atoms with Gasteiger partial charge in [-0.25, -0.2) is 0 Å². The van der Waals surface area contributed by atoms with Crippen LogP contribution in [0.25, 0.3) is 0 Å². The molecule has 3 heteroatoms. The molecule has 2 atom stereocenters. The van der Waals surface area contributed by atoms with Crippen molar-refractivity contribution in [3.8, 4) is 0 Å². The summed E-state index contributed by atoms with van der Waals surface area (Å²) in [4.78, 5) is 0. The smallest absolute Gasteiger partial charge is 0.113 e. The Labute approximate surface area is 70.7 Å². The molecule has 1 rings (SSSR count). The summed E-state index contributed by atoms with van der Waals surface area (Å²) in [6.45, 7) is 5.20. The summed E-state index contributed by atoms with van der Waals surface area (Å²) in [6.07, 6.45) is 1.23. The van der Waals surface area contributed by atoms with Gasteiger partial charge in [0, 0.05) is 12.4 Å². The van der Waals surface area contributed by atoms with Crippen LogP contribution in [0.2, 0.25) is 0 Å². The summed E-state index contributed by atoms with van der Waals surface area (Å²) >= 11 is 0. The molecule has 1 fully saturated rings. The van der Waals surface area contributed by atoms with Gasteiger partial charge in [0.05, 0.1) is 0 Å². The molecule has 0 aromatic rings. The fourth-order valence-corrected chi connectivity index (χ4v) is 3.94. The van der Waals surface area contributed by atoms with Crippen LogP contribution >= 0.6 is 21.6 Å². The molecule has 0 radical (unpaired) electrons. The second-order valence-corrected chi connectivity index (χ2v) is 5.18. The largest absolute Gasteiger partial charge is 0.367 e. The molecular weight excluding hydrogens is 164 g/mol. The predicted octanol–water partition coefficient (Wildman–Crippen LogP) is 2.77. The van der Waals surface area contributed by atoms with Gasteiger partial charge >= 0.3 is 0 Å². The minimum Gasteiger partial charge on any atom is -0.367 e. The van der Waals surface area contributed by atoms with Crippen molar-refractivity contribution in [1.29, 1.82) is 0 Å². The van der Waals surface area contributed by atoms with Gasteiger partial charge in [0.2, 0.25) is 0 Å². The van der Waals surface area contributed by atoms with E-state index in [1.54, 1.807) is 0 Å². The first kappa shape index (κ1) is 8.75. The molecule has 0 spiro atoms. The zero-order valence-corrected chi connectivity index (χ0v) is 8.13. The van der Waals surface area contributed by atoms with Crippen LogP contribution in [0, 0.1) is 5.92 Å². The van der Waals surface area contributed by atoms with Crippen molar-refractivity contribution in [2.45, 2.75) is 25.7 Å². The number of rotatable bonds is 2. The van der Waals surface area contributed by atoms with E-state index in [1.807, 2.05) is 21.6 Å². The fourth-order valence-electron chi connectivity index (χ4n) is 0.949. The molecule has 2 unspecified atom stereocenters. The third-order valence-electron chi connectivity index (χ3n) is 1.48. The van der Waals surface area contributed by atoms with Gasteiger partial charge in [-0.1, -0.05) is 28.5 Å². The maximum atomic E-state index is 5.50. The molecule has 1 nitrogen and oxygen atoms in total. The molecule has 0 aromatic carbocycles. The Kier molecular flexibility index (Phi) is 3.96. The molecule has 1 aliphatic rings. The van der Waals surface area contributed by atoms with Gasteiger partial charge in [-0.2, -0.15) is 0 Å². The van der Waals surface area contributed by atoms with E-state index in [2.05, 4.69) is 13.8 Å². The highest BCUT2D eigenvalue weighted by Crippen LogP contribution is 2.38. The SMILES string of the molecule is CCOC1CC(C)CSS1. The van der Waals surface area contributed by atoms with E-state index >= 15 is 0 Å². The summed E-state index contributed by atoms with van der Waals surface area (Å²) < 4.78 is 5.50. The Hall–Kier alpha value is 0.660. The normalized spacial score (nSPS) is 34.2. The van der Waals surface area contributed by atoms with Gasteiger partial charge in [0.1, 0.15) is 5.44 Å². The second-order valence-electron chi connectivity index (χ2n) is 2.61. The number of hydrogen-bond acceptors (Lipinski definition) is 3. The van der Waals surface area contributed by atoms with Crippen molar-refractivity contribution in [3.05, 3.63) is 0 Å². The third kappa shape index (κ3) is 2.72. The highest BCUT2D eigenvalue weighted by molar-refractivity contribution is 8.77. The highest BCUT2D eigenvalue weighted by Gasteiger charge is 2.19. The Morgan fingerprint density at radius 2 is 2.40 bits per heavy atom. The summed E-state index contributed by atoms with van der Waals surface area (Å²) in [5.74, 6) is 2.12. The highest BCUT2D eigenvalue weighted by atomic mass is 33.1. The molecule has 0 aliphatic carbocycles. The molecule has 1 saturated heterocycles. The van der Waals surface area contributed by atoms with Crippen LogP contribution in [0.3, 0.4) is 0 Å². The van der Waals surface area contributed by atoms with Crippen molar-refractivity contribution in [2.24, 2.45) is 5.92 Å². The van der Waals surface area contributed by atoms with Crippen molar-refractivity contribution in [2.75, 3.05) is 12.4 Å². The lowest BCUT2D eigenvalue weighted by Crippen LogP contribution is -2.17. The second kappa shape index (κ2) is 4.52. The van der Waals surface area contributed by atoms with Crippen molar-refractivity contribution < 1.29 is 4.74 Å². The van der Waals surface area contributed by atoms with Gasteiger partial charge in [0.15, 0.2) is 0 Å². The van der Waals surface area contributed by atoms with Crippen LogP contribution in [0.15, 0.2) is 0 Å². The van der Waals surface area contributed by atoms with Gasteiger partial charge < -0.3 is 4.74 Å². The predicted molar refractivity (Wildman–Crippen MR) is 49.2 cm³/mol. The average molecular weight is 178 g/mol. The molecule has 0 bridgehead atoms. The Balaban J connectivity index is 2.18. The molecule has 0 amide bonds. The third-order valence-corrected chi connectivity index (χ3v) is 4.32. The lowest BCUT2D eigenvalue weighted by Gasteiger charge is -2.24. The van der Waals surface area contributed by atoms with Gasteiger partial charge in [-0.15, -0.1) is 0 Å². The lowest BCUT2D eigenvalue weighted by molar-refractivity contribution is 0.110. The summed E-state index contributed by atoms with van der Waals surface area (Å²) in [5, 5.41) is 0. The zero-order valence-electron chi connectivity index (χ0n) is 6.50. The van der Waals surface area contributed by atoms with Crippen LogP contribution in [0.4, 0.5) is 0 Å². The average Bonchev–Trinajstić information content (AvgIpc) is 1.88. The topological polar surface area (TPSA) is 9.23 Å².